The van der Waals surface area contributed by atoms with Crippen molar-refractivity contribution in [2.75, 3.05) is 13.7 Å². The van der Waals surface area contributed by atoms with E-state index in [4.69, 9.17) is 0 Å². The smallest absolute Gasteiger partial charge is 0.421 e. The van der Waals surface area contributed by atoms with Crippen LogP contribution in [0.25, 0.3) is 6.08 Å². The van der Waals surface area contributed by atoms with E-state index in [0.717, 1.165) is 0 Å². The van der Waals surface area contributed by atoms with Crippen LogP contribution in [0.4, 0.5) is 22.0 Å². The second kappa shape index (κ2) is 8.73. The van der Waals surface area contributed by atoms with Crippen molar-refractivity contribution >= 4 is 22.2 Å². The van der Waals surface area contributed by atoms with Gasteiger partial charge in [-0.15, -0.1) is 4.33 Å². The van der Waals surface area contributed by atoms with Gasteiger partial charge in [-0.1, -0.05) is 24.8 Å². The van der Waals surface area contributed by atoms with Gasteiger partial charge in [-0.05, 0) is 17.7 Å². The molecule has 0 N–H and O–H groups in total. The number of alkyl halides is 5. The SMILES string of the molecule is C=Cc1ccc(OC(=O)COC(C(F)(F)F)C(F)(F)S(=O)(=O)OOC)cc1. The molecule has 0 heterocycles. The predicted molar refractivity (Wildman–Crippen MR) is 79.9 cm³/mol. The van der Waals surface area contributed by atoms with Gasteiger partial charge in [0.1, 0.15) is 12.4 Å². The van der Waals surface area contributed by atoms with Crippen molar-refractivity contribution < 1.29 is 53.9 Å². The van der Waals surface area contributed by atoms with Crippen molar-refractivity contribution in [3.8, 4) is 5.75 Å². The lowest BCUT2D eigenvalue weighted by Crippen LogP contribution is -2.52. The Morgan fingerprint density at radius 2 is 1.74 bits per heavy atom. The van der Waals surface area contributed by atoms with Crippen LogP contribution >= 0.6 is 0 Å². The zero-order chi connectivity index (χ0) is 20.9. The monoisotopic (exact) mass is 420 g/mol. The second-order valence-electron chi connectivity index (χ2n) is 4.73. The first-order valence-electron chi connectivity index (χ1n) is 6.81. The van der Waals surface area contributed by atoms with Crippen LogP contribution < -0.4 is 4.74 Å². The number of benzene rings is 1. The Kier molecular flexibility index (Phi) is 7.42. The van der Waals surface area contributed by atoms with Crippen LogP contribution in [0.5, 0.6) is 5.75 Å². The highest BCUT2D eigenvalue weighted by Crippen LogP contribution is 2.39. The van der Waals surface area contributed by atoms with E-state index in [0.29, 0.717) is 12.7 Å². The van der Waals surface area contributed by atoms with Crippen LogP contribution in [0.3, 0.4) is 0 Å². The molecular weight excluding hydrogens is 407 g/mol. The molecule has 0 aliphatic rings. The molecule has 27 heavy (non-hydrogen) atoms. The van der Waals surface area contributed by atoms with Crippen LogP contribution in [0.1, 0.15) is 5.56 Å². The zero-order valence-electron chi connectivity index (χ0n) is 13.5. The molecule has 0 bridgehead atoms. The minimum atomic E-state index is -6.17. The molecule has 0 saturated carbocycles. The summed E-state index contributed by atoms with van der Waals surface area (Å²) in [5.41, 5.74) is 0.645. The molecule has 0 radical (unpaired) electrons. The van der Waals surface area contributed by atoms with Crippen LogP contribution in [0.2, 0.25) is 0 Å². The van der Waals surface area contributed by atoms with Crippen molar-refractivity contribution in [2.45, 2.75) is 17.5 Å². The first-order valence-corrected chi connectivity index (χ1v) is 8.22. The number of rotatable bonds is 9. The Hall–Kier alpha value is -2.09. The molecule has 0 aromatic heterocycles. The van der Waals surface area contributed by atoms with E-state index in [1.807, 2.05) is 0 Å². The summed E-state index contributed by atoms with van der Waals surface area (Å²) in [6.45, 7) is 1.86. The summed E-state index contributed by atoms with van der Waals surface area (Å²) in [6.07, 6.45) is -8.60. The fourth-order valence-corrected chi connectivity index (χ4v) is 2.37. The summed E-state index contributed by atoms with van der Waals surface area (Å²) >= 11 is 0. The van der Waals surface area contributed by atoms with Crippen LogP contribution in [-0.2, 0) is 28.9 Å². The number of carbonyl (C=O) groups is 1. The largest absolute Gasteiger partial charge is 0.425 e. The zero-order valence-corrected chi connectivity index (χ0v) is 14.4. The van der Waals surface area contributed by atoms with Crippen molar-refractivity contribution in [1.29, 1.82) is 0 Å². The molecule has 1 aromatic carbocycles. The molecule has 1 atom stereocenters. The van der Waals surface area contributed by atoms with E-state index in [-0.39, 0.29) is 5.75 Å². The van der Waals surface area contributed by atoms with E-state index < -0.39 is 40.2 Å². The van der Waals surface area contributed by atoms with Gasteiger partial charge in [-0.3, -0.25) is 0 Å². The number of esters is 1. The second-order valence-corrected chi connectivity index (χ2v) is 6.32. The van der Waals surface area contributed by atoms with Gasteiger partial charge in [-0.25, -0.2) is 9.68 Å². The van der Waals surface area contributed by atoms with Gasteiger partial charge >= 0.3 is 27.5 Å². The van der Waals surface area contributed by atoms with Crippen LogP contribution in [-0.4, -0.2) is 45.6 Å². The highest BCUT2D eigenvalue weighted by molar-refractivity contribution is 7.87. The summed E-state index contributed by atoms with van der Waals surface area (Å²) in [5.74, 6) is -1.59. The molecule has 0 aliphatic carbocycles. The van der Waals surface area contributed by atoms with E-state index in [1.165, 1.54) is 30.3 Å². The van der Waals surface area contributed by atoms with Crippen molar-refractivity contribution in [3.05, 3.63) is 36.4 Å². The van der Waals surface area contributed by atoms with E-state index in [1.54, 1.807) is 0 Å². The molecule has 0 amide bonds. The molecule has 1 unspecified atom stereocenters. The van der Waals surface area contributed by atoms with Gasteiger partial charge < -0.3 is 9.47 Å². The minimum Gasteiger partial charge on any atom is -0.425 e. The van der Waals surface area contributed by atoms with Crippen molar-refractivity contribution in [1.82, 2.24) is 0 Å². The van der Waals surface area contributed by atoms with Gasteiger partial charge in [-0.2, -0.15) is 30.4 Å². The number of carbonyl (C=O) groups excluding carboxylic acids is 1. The number of ether oxygens (including phenoxy) is 2. The molecule has 0 spiro atoms. The van der Waals surface area contributed by atoms with E-state index in [2.05, 4.69) is 25.3 Å². The molecule has 0 fully saturated rings. The van der Waals surface area contributed by atoms with Gasteiger partial charge in [0.15, 0.2) is 0 Å². The molecule has 7 nitrogen and oxygen atoms in total. The third-order valence-electron chi connectivity index (χ3n) is 2.81. The third kappa shape index (κ3) is 5.95. The van der Waals surface area contributed by atoms with E-state index >= 15 is 0 Å². The Balaban J connectivity index is 2.88. The number of hydrogen-bond acceptors (Lipinski definition) is 7. The lowest BCUT2D eigenvalue weighted by molar-refractivity contribution is -0.269. The molecule has 0 saturated heterocycles. The summed E-state index contributed by atoms with van der Waals surface area (Å²) in [5, 5.41) is -5.60. The Labute approximate surface area is 150 Å². The molecular formula is C14H13F5O7S. The average molecular weight is 420 g/mol. The third-order valence-corrected chi connectivity index (χ3v) is 4.00. The molecule has 13 heteroatoms. The normalized spacial score (nSPS) is 13.9. The molecule has 152 valence electrons. The molecule has 0 aliphatic heterocycles. The van der Waals surface area contributed by atoms with E-state index in [9.17, 15) is 35.2 Å². The number of halogens is 5. The maximum absolute atomic E-state index is 13.7. The Morgan fingerprint density at radius 1 is 1.19 bits per heavy atom. The summed E-state index contributed by atoms with van der Waals surface area (Å²) < 4.78 is 99.8. The molecule has 1 rings (SSSR count). The summed E-state index contributed by atoms with van der Waals surface area (Å²) in [4.78, 5) is 15.0. The van der Waals surface area contributed by atoms with Gasteiger partial charge in [0.05, 0.1) is 7.11 Å². The highest BCUT2D eigenvalue weighted by atomic mass is 32.2. The van der Waals surface area contributed by atoms with Crippen LogP contribution in [0, 0.1) is 0 Å². The standard InChI is InChI=1S/C14H13F5O7S/c1-3-9-4-6-10(7-5-9)25-11(20)8-24-12(13(15,16)17)14(18,19)27(21,22)26-23-2/h3-7,12H,1,8H2,2H3. The van der Waals surface area contributed by atoms with Gasteiger partial charge in [0.25, 0.3) is 0 Å². The molecule has 1 aromatic rings. The lowest BCUT2D eigenvalue weighted by atomic mass is 10.2. The van der Waals surface area contributed by atoms with Gasteiger partial charge in [0, 0.05) is 0 Å². The van der Waals surface area contributed by atoms with Crippen molar-refractivity contribution in [2.24, 2.45) is 0 Å². The summed E-state index contributed by atoms with van der Waals surface area (Å²) in [6, 6.07) is 5.44. The average Bonchev–Trinajstić information content (AvgIpc) is 2.54. The highest BCUT2D eigenvalue weighted by Gasteiger charge is 2.66. The maximum atomic E-state index is 13.7. The Bertz CT molecular complexity index is 759. The summed E-state index contributed by atoms with van der Waals surface area (Å²) in [7, 11) is -5.68. The first kappa shape index (κ1) is 23.0. The minimum absolute atomic E-state index is 0.111. The fourth-order valence-electron chi connectivity index (χ4n) is 1.63. The Morgan fingerprint density at radius 3 is 2.19 bits per heavy atom. The van der Waals surface area contributed by atoms with Crippen molar-refractivity contribution in [3.63, 3.8) is 0 Å². The lowest BCUT2D eigenvalue weighted by Gasteiger charge is -2.26. The quantitative estimate of drug-likeness (QED) is 0.200. The predicted octanol–water partition coefficient (Wildman–Crippen LogP) is 2.68. The maximum Gasteiger partial charge on any atom is 0.421 e. The topological polar surface area (TPSA) is 88.1 Å². The van der Waals surface area contributed by atoms with Gasteiger partial charge in [0.2, 0.25) is 6.10 Å². The first-order chi connectivity index (χ1) is 12.3. The fraction of sp³-hybridized carbons (Fsp3) is 0.357. The van der Waals surface area contributed by atoms with Crippen LogP contribution in [0.15, 0.2) is 30.8 Å². The number of hydrogen-bond donors (Lipinski definition) is 0.